The van der Waals surface area contributed by atoms with Gasteiger partial charge < -0.3 is 24.8 Å². The number of hydrogen-bond donors (Lipinski definition) is 2. The Labute approximate surface area is 262 Å². The number of nitrogens with one attached hydrogen (secondary N) is 1. The van der Waals surface area contributed by atoms with Crippen LogP contribution in [0.1, 0.15) is 49.0 Å². The van der Waals surface area contributed by atoms with Crippen molar-refractivity contribution in [2.75, 3.05) is 34.4 Å². The Morgan fingerprint density at radius 2 is 1.69 bits per heavy atom. The molecule has 0 atom stereocenters. The first-order chi connectivity index (χ1) is 19.6. The van der Waals surface area contributed by atoms with Gasteiger partial charge in [0.1, 0.15) is 22.7 Å². The summed E-state index contributed by atoms with van der Waals surface area (Å²) in [6, 6.07) is 13.9. The summed E-state index contributed by atoms with van der Waals surface area (Å²) in [6.07, 6.45) is 3.96. The molecule has 1 saturated carbocycles. The number of carboxylic acid groups (broad SMARTS) is 1. The molecule has 226 valence electrons. The molecule has 3 aromatic rings. The van der Waals surface area contributed by atoms with Gasteiger partial charge in [-0.1, -0.05) is 42.5 Å². The molecule has 0 spiro atoms. The molecule has 0 aliphatic heterocycles. The molecule has 2 N–H and O–H groups in total. The first-order valence-corrected chi connectivity index (χ1v) is 14.4. The molecule has 11 heteroatoms. The smallest absolute Gasteiger partial charge is 0.329 e. The molecule has 0 bridgehead atoms. The van der Waals surface area contributed by atoms with Gasteiger partial charge in [0, 0.05) is 28.3 Å². The number of carboxylic acids is 1. The molecule has 0 unspecified atom stereocenters. The fourth-order valence-corrected chi connectivity index (χ4v) is 5.49. The summed E-state index contributed by atoms with van der Waals surface area (Å²) in [5.74, 6) is -0.461. The Hall–Kier alpha value is -3.04. The van der Waals surface area contributed by atoms with Crippen LogP contribution in [0.5, 0.6) is 11.5 Å². The summed E-state index contributed by atoms with van der Waals surface area (Å²) in [5, 5.41) is 13.7. The Kier molecular flexibility index (Phi) is 11.9. The summed E-state index contributed by atoms with van der Waals surface area (Å²) in [5.41, 5.74) is 1.22. The third-order valence-corrected chi connectivity index (χ3v) is 7.82. The number of ether oxygens (including phenoxy) is 2. The largest absolute Gasteiger partial charge is 0.497 e. The van der Waals surface area contributed by atoms with Crippen molar-refractivity contribution in [1.82, 2.24) is 15.2 Å². The van der Waals surface area contributed by atoms with Crippen LogP contribution in [-0.2, 0) is 4.79 Å². The number of carbonyl (C=O) groups excluding carboxylic acids is 1. The number of benzene rings is 2. The molecule has 1 amide bonds. The lowest BCUT2D eigenvalue weighted by Gasteiger charge is -2.33. The van der Waals surface area contributed by atoms with Gasteiger partial charge in [0.2, 0.25) is 0 Å². The number of pyridine rings is 1. The van der Waals surface area contributed by atoms with E-state index in [4.69, 9.17) is 37.7 Å². The van der Waals surface area contributed by atoms with Crippen molar-refractivity contribution < 1.29 is 24.2 Å². The number of hydrogen-bond acceptors (Lipinski definition) is 6. The normalized spacial score (nSPS) is 14.1. The van der Waals surface area contributed by atoms with Crippen LogP contribution in [0.4, 0.5) is 0 Å². The zero-order valence-electron chi connectivity index (χ0n) is 23.9. The quantitative estimate of drug-likeness (QED) is 0.219. The molecule has 1 aliphatic carbocycles. The Morgan fingerprint density at radius 1 is 1.00 bits per heavy atom. The average molecular weight is 637 g/mol. The molecule has 1 heterocycles. The van der Waals surface area contributed by atoms with Gasteiger partial charge in [-0.2, -0.15) is 0 Å². The van der Waals surface area contributed by atoms with Gasteiger partial charge in [-0.15, -0.1) is 12.4 Å². The highest BCUT2D eigenvalue weighted by Crippen LogP contribution is 2.41. The second kappa shape index (κ2) is 14.9. The topological polar surface area (TPSA) is 101 Å². The van der Waals surface area contributed by atoms with Crippen LogP contribution >= 0.6 is 35.6 Å². The molecule has 42 heavy (non-hydrogen) atoms. The molecule has 4 rings (SSSR count). The highest BCUT2D eigenvalue weighted by atomic mass is 35.5. The highest BCUT2D eigenvalue weighted by molar-refractivity contribution is 6.33. The first-order valence-electron chi connectivity index (χ1n) is 13.6. The molecule has 1 aliphatic rings. The van der Waals surface area contributed by atoms with Crippen LogP contribution in [0.15, 0.2) is 48.5 Å². The van der Waals surface area contributed by atoms with Crippen LogP contribution in [0.2, 0.25) is 10.0 Å². The molecular weight excluding hydrogens is 601 g/mol. The van der Waals surface area contributed by atoms with E-state index in [9.17, 15) is 14.7 Å². The average Bonchev–Trinajstić information content (AvgIpc) is 2.95. The van der Waals surface area contributed by atoms with Crippen molar-refractivity contribution in [2.45, 2.75) is 44.1 Å². The summed E-state index contributed by atoms with van der Waals surface area (Å²) >= 11 is 13.0. The number of aliphatic carboxylic acids is 1. The second-order valence-corrected chi connectivity index (χ2v) is 11.3. The number of methoxy groups -OCH3 is 1. The van der Waals surface area contributed by atoms with Gasteiger partial charge in [0.15, 0.2) is 0 Å². The molecular formula is C31H36Cl3N3O5. The minimum absolute atomic E-state index is 0. The molecule has 1 aromatic heterocycles. The lowest BCUT2D eigenvalue weighted by molar-refractivity contribution is -0.145. The molecule has 1 fully saturated rings. The number of carbonyl (C=O) groups is 2. The SMILES string of the molecule is COc1ccc(-c2ccc(C(=O)NC3(C(=O)O)CCCCC3)nc2-c2ccc(Cl)cc2OCCCN(C)C)c(Cl)c1.Cl. The third-order valence-electron chi connectivity index (χ3n) is 7.27. The summed E-state index contributed by atoms with van der Waals surface area (Å²) < 4.78 is 11.5. The predicted molar refractivity (Wildman–Crippen MR) is 169 cm³/mol. The van der Waals surface area contributed by atoms with Crippen molar-refractivity contribution >= 4 is 47.5 Å². The fraction of sp³-hybridized carbons (Fsp3) is 0.387. The number of aromatic nitrogens is 1. The van der Waals surface area contributed by atoms with E-state index < -0.39 is 17.4 Å². The van der Waals surface area contributed by atoms with Crippen LogP contribution < -0.4 is 14.8 Å². The molecule has 2 aromatic carbocycles. The lowest BCUT2D eigenvalue weighted by atomic mass is 9.81. The Bertz CT molecular complexity index is 1410. The van der Waals surface area contributed by atoms with Gasteiger partial charge >= 0.3 is 5.97 Å². The van der Waals surface area contributed by atoms with E-state index in [2.05, 4.69) is 10.2 Å². The van der Waals surface area contributed by atoms with Crippen LogP contribution in [0.25, 0.3) is 22.4 Å². The maximum Gasteiger partial charge on any atom is 0.329 e. The monoisotopic (exact) mass is 635 g/mol. The van der Waals surface area contributed by atoms with E-state index in [1.807, 2.05) is 20.2 Å². The number of nitrogens with zero attached hydrogens (tertiary/aromatic N) is 2. The minimum Gasteiger partial charge on any atom is -0.497 e. The van der Waals surface area contributed by atoms with Gasteiger partial charge in [-0.25, -0.2) is 9.78 Å². The number of rotatable bonds is 11. The summed E-state index contributed by atoms with van der Waals surface area (Å²) in [4.78, 5) is 32.5. The summed E-state index contributed by atoms with van der Waals surface area (Å²) in [7, 11) is 5.56. The Balaban J connectivity index is 0.00000484. The van der Waals surface area contributed by atoms with Crippen LogP contribution in [0, 0.1) is 0 Å². The van der Waals surface area contributed by atoms with Gasteiger partial charge in [-0.3, -0.25) is 4.79 Å². The van der Waals surface area contributed by atoms with Crippen LogP contribution in [-0.4, -0.2) is 66.8 Å². The van der Waals surface area contributed by atoms with Crippen molar-refractivity contribution in [3.05, 3.63) is 64.3 Å². The Morgan fingerprint density at radius 3 is 2.33 bits per heavy atom. The van der Waals surface area contributed by atoms with Crippen molar-refractivity contribution in [3.63, 3.8) is 0 Å². The van der Waals surface area contributed by atoms with Gasteiger partial charge in [-0.05, 0) is 81.9 Å². The van der Waals surface area contributed by atoms with Crippen molar-refractivity contribution in [3.8, 4) is 33.9 Å². The van der Waals surface area contributed by atoms with E-state index in [0.717, 1.165) is 32.2 Å². The second-order valence-electron chi connectivity index (χ2n) is 10.5. The fourth-order valence-electron chi connectivity index (χ4n) is 5.05. The molecule has 0 radical (unpaired) electrons. The molecule has 0 saturated heterocycles. The number of halogens is 3. The predicted octanol–water partition coefficient (Wildman–Crippen LogP) is 7.00. The maximum atomic E-state index is 13.5. The summed E-state index contributed by atoms with van der Waals surface area (Å²) in [6.45, 7) is 1.30. The lowest BCUT2D eigenvalue weighted by Crippen LogP contribution is -2.55. The van der Waals surface area contributed by atoms with Crippen LogP contribution in [0.3, 0.4) is 0 Å². The van der Waals surface area contributed by atoms with Crippen molar-refractivity contribution in [1.29, 1.82) is 0 Å². The van der Waals surface area contributed by atoms with Crippen molar-refractivity contribution in [2.24, 2.45) is 0 Å². The maximum absolute atomic E-state index is 13.5. The zero-order valence-corrected chi connectivity index (χ0v) is 26.2. The number of amides is 1. The first kappa shape index (κ1) is 33.5. The van der Waals surface area contributed by atoms with E-state index >= 15 is 0 Å². The van der Waals surface area contributed by atoms with Gasteiger partial charge in [0.05, 0.1) is 24.4 Å². The van der Waals surface area contributed by atoms with E-state index in [-0.39, 0.29) is 18.1 Å². The van der Waals surface area contributed by atoms with E-state index in [0.29, 0.717) is 63.4 Å². The zero-order chi connectivity index (χ0) is 29.6. The van der Waals surface area contributed by atoms with E-state index in [1.165, 1.54) is 0 Å². The highest BCUT2D eigenvalue weighted by Gasteiger charge is 2.41. The standard InChI is InChI=1S/C31H35Cl2N3O5.ClH/c1-36(2)16-7-17-41-27-18-20(32)8-10-24(27)28-23(22-11-9-21(40-3)19-25(22)33)12-13-26(34-28)29(37)35-31(30(38)39)14-5-4-6-15-31;/h8-13,18-19H,4-7,14-17H2,1-3H3,(H,35,37)(H,38,39);1H. The van der Waals surface area contributed by atoms with Gasteiger partial charge in [0.25, 0.3) is 5.91 Å². The molecule has 8 nitrogen and oxygen atoms in total. The van der Waals surface area contributed by atoms with E-state index in [1.54, 1.807) is 49.6 Å². The third kappa shape index (κ3) is 7.86. The minimum atomic E-state index is -1.31.